The van der Waals surface area contributed by atoms with Crippen molar-refractivity contribution in [3.8, 4) is 0 Å². The second kappa shape index (κ2) is 9.16. The number of nitrogens with two attached hydrogens (primary N) is 1. The van der Waals surface area contributed by atoms with Crippen LogP contribution in [0.15, 0.2) is 0 Å². The number of ether oxygens (including phenoxy) is 1. The second-order valence-corrected chi connectivity index (χ2v) is 6.02. The van der Waals surface area contributed by atoms with Gasteiger partial charge in [0, 0.05) is 52.0 Å². The van der Waals surface area contributed by atoms with Crippen LogP contribution >= 0.6 is 24.8 Å². The van der Waals surface area contributed by atoms with Gasteiger partial charge >= 0.3 is 0 Å². The first-order valence-electron chi connectivity index (χ1n) is 7.40. The summed E-state index contributed by atoms with van der Waals surface area (Å²) in [5.74, 6) is 0.252. The van der Waals surface area contributed by atoms with Crippen molar-refractivity contribution in [3.05, 3.63) is 0 Å². The van der Waals surface area contributed by atoms with Gasteiger partial charge in [0.2, 0.25) is 5.91 Å². The largest absolute Gasteiger partial charge is 0.381 e. The molecule has 2 aliphatic rings. The molecule has 2 fully saturated rings. The van der Waals surface area contributed by atoms with Gasteiger partial charge in [0.1, 0.15) is 0 Å². The Bertz CT molecular complexity index is 315. The Kier molecular flexibility index (Phi) is 9.12. The van der Waals surface area contributed by atoms with Crippen LogP contribution in [0.2, 0.25) is 0 Å². The molecule has 7 heteroatoms. The van der Waals surface area contributed by atoms with Crippen LogP contribution in [-0.2, 0) is 9.53 Å². The van der Waals surface area contributed by atoms with Gasteiger partial charge in [-0.25, -0.2) is 0 Å². The molecule has 0 unspecified atom stereocenters. The number of halogens is 2. The summed E-state index contributed by atoms with van der Waals surface area (Å²) in [4.78, 5) is 17.2. The first kappa shape index (κ1) is 20.9. The molecule has 0 bridgehead atoms. The van der Waals surface area contributed by atoms with Crippen molar-refractivity contribution in [2.45, 2.75) is 32.7 Å². The average Bonchev–Trinajstić information content (AvgIpc) is 2.47. The quantitative estimate of drug-likeness (QED) is 0.836. The fraction of sp³-hybridized carbons (Fsp3) is 0.929. The lowest BCUT2D eigenvalue weighted by Crippen LogP contribution is -2.57. The Morgan fingerprint density at radius 2 is 1.67 bits per heavy atom. The van der Waals surface area contributed by atoms with Crippen LogP contribution < -0.4 is 5.73 Å². The third kappa shape index (κ3) is 4.70. The highest BCUT2D eigenvalue weighted by molar-refractivity contribution is 5.85. The van der Waals surface area contributed by atoms with Gasteiger partial charge in [-0.1, -0.05) is 0 Å². The van der Waals surface area contributed by atoms with Crippen LogP contribution in [-0.4, -0.2) is 67.7 Å². The summed E-state index contributed by atoms with van der Waals surface area (Å²) in [5.41, 5.74) is 5.55. The van der Waals surface area contributed by atoms with E-state index in [4.69, 9.17) is 10.5 Å². The van der Waals surface area contributed by atoms with Crippen LogP contribution in [0.1, 0.15) is 26.7 Å². The molecule has 0 radical (unpaired) electrons. The predicted octanol–water partition coefficient (Wildman–Crippen LogP) is 1.14. The second-order valence-electron chi connectivity index (χ2n) is 6.02. The first-order valence-corrected chi connectivity index (χ1v) is 7.40. The molecule has 2 aliphatic heterocycles. The lowest BCUT2D eigenvalue weighted by Gasteiger charge is -2.43. The molecular formula is C14H29Cl2N3O2. The van der Waals surface area contributed by atoms with E-state index >= 15 is 0 Å². The van der Waals surface area contributed by atoms with Gasteiger partial charge in [-0.2, -0.15) is 0 Å². The number of piperazine rings is 1. The molecule has 0 aromatic carbocycles. The maximum absolute atomic E-state index is 12.8. The molecule has 2 rings (SSSR count). The number of carbonyl (C=O) groups is 1. The van der Waals surface area contributed by atoms with E-state index in [2.05, 4.69) is 18.7 Å². The summed E-state index contributed by atoms with van der Waals surface area (Å²) in [6.07, 6.45) is 1.54. The molecule has 2 saturated heterocycles. The highest BCUT2D eigenvalue weighted by Crippen LogP contribution is 2.32. The lowest BCUT2D eigenvalue weighted by molar-refractivity contribution is -0.149. The van der Waals surface area contributed by atoms with E-state index in [9.17, 15) is 4.79 Å². The van der Waals surface area contributed by atoms with E-state index in [0.717, 1.165) is 39.0 Å². The molecule has 0 saturated carbocycles. The van der Waals surface area contributed by atoms with Crippen LogP contribution in [0.25, 0.3) is 0 Å². The fourth-order valence-corrected chi connectivity index (χ4v) is 3.04. The number of amides is 1. The SMILES string of the molecule is CC(C)N1CCN(C(=O)C2(CN)CCOCC2)CC1.Cl.Cl. The number of hydrogen-bond donors (Lipinski definition) is 1. The number of nitrogens with zero attached hydrogens (tertiary/aromatic N) is 2. The lowest BCUT2D eigenvalue weighted by atomic mass is 9.78. The van der Waals surface area contributed by atoms with Crippen molar-refractivity contribution < 1.29 is 9.53 Å². The molecule has 2 N–H and O–H groups in total. The molecule has 0 atom stereocenters. The summed E-state index contributed by atoms with van der Waals surface area (Å²) >= 11 is 0. The minimum atomic E-state index is -0.363. The predicted molar refractivity (Wildman–Crippen MR) is 89.3 cm³/mol. The summed E-state index contributed by atoms with van der Waals surface area (Å²) in [5, 5.41) is 0. The van der Waals surface area contributed by atoms with E-state index in [0.29, 0.717) is 25.8 Å². The topological polar surface area (TPSA) is 58.8 Å². The van der Waals surface area contributed by atoms with E-state index in [1.54, 1.807) is 0 Å². The molecule has 0 aliphatic carbocycles. The molecule has 0 aromatic rings. The zero-order valence-corrected chi connectivity index (χ0v) is 14.7. The molecule has 5 nitrogen and oxygen atoms in total. The van der Waals surface area contributed by atoms with Crippen molar-refractivity contribution in [3.63, 3.8) is 0 Å². The van der Waals surface area contributed by atoms with Gasteiger partial charge in [-0.05, 0) is 26.7 Å². The fourth-order valence-electron chi connectivity index (χ4n) is 3.04. The zero-order chi connectivity index (χ0) is 13.9. The molecule has 0 aromatic heterocycles. The molecular weight excluding hydrogens is 313 g/mol. The highest BCUT2D eigenvalue weighted by atomic mass is 35.5. The Labute approximate surface area is 140 Å². The Morgan fingerprint density at radius 1 is 1.14 bits per heavy atom. The van der Waals surface area contributed by atoms with Crippen molar-refractivity contribution in [1.29, 1.82) is 0 Å². The van der Waals surface area contributed by atoms with Gasteiger partial charge in [0.25, 0.3) is 0 Å². The summed E-state index contributed by atoms with van der Waals surface area (Å²) in [7, 11) is 0. The standard InChI is InChI=1S/C14H27N3O2.2ClH/c1-12(2)16-5-7-17(8-6-16)13(18)14(11-15)3-9-19-10-4-14;;/h12H,3-11,15H2,1-2H3;2*1H. The number of carbonyl (C=O) groups excluding carboxylic acids is 1. The van der Waals surface area contributed by atoms with Gasteiger partial charge in [0.15, 0.2) is 0 Å². The summed E-state index contributed by atoms with van der Waals surface area (Å²) in [6.45, 7) is 9.79. The van der Waals surface area contributed by atoms with Gasteiger partial charge in [-0.3, -0.25) is 9.69 Å². The van der Waals surface area contributed by atoms with Gasteiger partial charge < -0.3 is 15.4 Å². The zero-order valence-electron chi connectivity index (χ0n) is 13.0. The smallest absolute Gasteiger partial charge is 0.230 e. The molecule has 1 amide bonds. The number of rotatable bonds is 3. The van der Waals surface area contributed by atoms with Crippen LogP contribution in [0, 0.1) is 5.41 Å². The van der Waals surface area contributed by atoms with E-state index in [-0.39, 0.29) is 36.1 Å². The van der Waals surface area contributed by atoms with Crippen molar-refractivity contribution in [2.24, 2.45) is 11.1 Å². The van der Waals surface area contributed by atoms with Crippen LogP contribution in [0.3, 0.4) is 0 Å². The molecule has 126 valence electrons. The Morgan fingerprint density at radius 3 is 2.10 bits per heavy atom. The molecule has 0 spiro atoms. The van der Waals surface area contributed by atoms with Crippen LogP contribution in [0.4, 0.5) is 0 Å². The monoisotopic (exact) mass is 341 g/mol. The van der Waals surface area contributed by atoms with Crippen molar-refractivity contribution in [2.75, 3.05) is 45.9 Å². The van der Waals surface area contributed by atoms with Gasteiger partial charge in [-0.15, -0.1) is 24.8 Å². The maximum Gasteiger partial charge on any atom is 0.230 e. The molecule has 2 heterocycles. The number of hydrogen-bond acceptors (Lipinski definition) is 4. The van der Waals surface area contributed by atoms with Crippen molar-refractivity contribution >= 4 is 30.7 Å². The summed E-state index contributed by atoms with van der Waals surface area (Å²) < 4.78 is 5.38. The average molecular weight is 342 g/mol. The highest BCUT2D eigenvalue weighted by Gasteiger charge is 2.42. The maximum atomic E-state index is 12.8. The minimum absolute atomic E-state index is 0. The third-order valence-corrected chi connectivity index (χ3v) is 4.63. The van der Waals surface area contributed by atoms with E-state index in [1.807, 2.05) is 4.90 Å². The Balaban J connectivity index is 0.00000200. The summed E-state index contributed by atoms with van der Waals surface area (Å²) in [6, 6.07) is 0.559. The normalized spacial score (nSPS) is 22.4. The first-order chi connectivity index (χ1) is 9.09. The molecule has 21 heavy (non-hydrogen) atoms. The van der Waals surface area contributed by atoms with Crippen molar-refractivity contribution in [1.82, 2.24) is 9.80 Å². The van der Waals surface area contributed by atoms with E-state index in [1.165, 1.54) is 0 Å². The Hall–Kier alpha value is -0.0700. The van der Waals surface area contributed by atoms with E-state index < -0.39 is 0 Å². The van der Waals surface area contributed by atoms with Crippen LogP contribution in [0.5, 0.6) is 0 Å². The van der Waals surface area contributed by atoms with Gasteiger partial charge in [0.05, 0.1) is 5.41 Å². The minimum Gasteiger partial charge on any atom is -0.381 e. The third-order valence-electron chi connectivity index (χ3n) is 4.63.